The molecule has 0 aliphatic carbocycles. The first-order valence-corrected chi connectivity index (χ1v) is 13.9. The van der Waals surface area contributed by atoms with Crippen molar-refractivity contribution < 1.29 is 31.1 Å². The monoisotopic (exact) mass is 603 g/mol. The Morgan fingerprint density at radius 1 is 1.18 bits per heavy atom. The molecule has 1 amide bonds. The zero-order chi connectivity index (χ0) is 29.9. The quantitative estimate of drug-likeness (QED) is 0.268. The third kappa shape index (κ3) is 8.71. The van der Waals surface area contributed by atoms with Crippen LogP contribution in [0.3, 0.4) is 0 Å². The van der Waals surface area contributed by atoms with E-state index in [4.69, 9.17) is 16.6 Å². The molecule has 218 valence electrons. The minimum Gasteiger partial charge on any atom is -0.453 e. The lowest BCUT2D eigenvalue weighted by atomic mass is 9.96. The molecule has 0 spiro atoms. The van der Waals surface area contributed by atoms with Gasteiger partial charge in [-0.15, -0.1) is 0 Å². The molecule has 11 nitrogen and oxygen atoms in total. The van der Waals surface area contributed by atoms with Gasteiger partial charge in [0.15, 0.2) is 5.75 Å². The Balaban J connectivity index is 2.00. The summed E-state index contributed by atoms with van der Waals surface area (Å²) in [6.45, 7) is 7.83. The van der Waals surface area contributed by atoms with E-state index in [-0.39, 0.29) is 29.2 Å². The predicted molar refractivity (Wildman–Crippen MR) is 146 cm³/mol. The van der Waals surface area contributed by atoms with Gasteiger partial charge in [0.1, 0.15) is 5.82 Å². The van der Waals surface area contributed by atoms with Crippen LogP contribution in [0.4, 0.5) is 29.6 Å². The number of amides is 1. The molecule has 2 aromatic heterocycles. The summed E-state index contributed by atoms with van der Waals surface area (Å²) in [5, 5.41) is 5.72. The highest BCUT2D eigenvalue weighted by Crippen LogP contribution is 2.36. The fourth-order valence-electron chi connectivity index (χ4n) is 3.48. The van der Waals surface area contributed by atoms with Gasteiger partial charge in [-0.1, -0.05) is 32.4 Å². The van der Waals surface area contributed by atoms with Crippen molar-refractivity contribution in [3.8, 4) is 22.6 Å². The van der Waals surface area contributed by atoms with Crippen molar-refractivity contribution in [2.75, 3.05) is 29.4 Å². The van der Waals surface area contributed by atoms with Gasteiger partial charge < -0.3 is 20.4 Å². The fraction of sp³-hybridized carbons (Fsp3) is 0.417. The lowest BCUT2D eigenvalue weighted by Gasteiger charge is -2.14. The molecule has 40 heavy (non-hydrogen) atoms. The number of nitrogens with one attached hydrogen (secondary N) is 4. The van der Waals surface area contributed by atoms with Crippen LogP contribution in [-0.2, 0) is 20.2 Å². The fourth-order valence-corrected chi connectivity index (χ4v) is 4.69. The van der Waals surface area contributed by atoms with E-state index in [1.165, 1.54) is 31.5 Å². The summed E-state index contributed by atoms with van der Waals surface area (Å²) in [6, 6.07) is 5.37. The third-order valence-corrected chi connectivity index (χ3v) is 6.71. The van der Waals surface area contributed by atoms with E-state index in [0.717, 1.165) is 0 Å². The number of H-pyrrole nitrogens is 1. The predicted octanol–water partition coefficient (Wildman–Crippen LogP) is 4.95. The largest absolute Gasteiger partial charge is 0.453 e. The van der Waals surface area contributed by atoms with Crippen LogP contribution < -0.4 is 15.4 Å². The number of aromatic nitrogens is 4. The second-order valence-corrected chi connectivity index (χ2v) is 12.1. The Bertz CT molecular complexity index is 1470. The molecule has 0 radical (unpaired) electrons. The van der Waals surface area contributed by atoms with Gasteiger partial charge in [0.25, 0.3) is 0 Å². The van der Waals surface area contributed by atoms with Gasteiger partial charge in [0.2, 0.25) is 16.0 Å². The highest BCUT2D eigenvalue weighted by atomic mass is 35.5. The maximum atomic E-state index is 12.7. The average Bonchev–Trinajstić information content (AvgIpc) is 3.27. The van der Waals surface area contributed by atoms with Crippen molar-refractivity contribution in [2.24, 2.45) is 0 Å². The van der Waals surface area contributed by atoms with Gasteiger partial charge in [-0.25, -0.2) is 28.2 Å². The van der Waals surface area contributed by atoms with E-state index in [9.17, 15) is 26.4 Å². The maximum absolute atomic E-state index is 12.7. The zero-order valence-corrected chi connectivity index (χ0v) is 23.8. The lowest BCUT2D eigenvalue weighted by Crippen LogP contribution is -2.37. The Morgan fingerprint density at radius 3 is 2.50 bits per heavy atom. The van der Waals surface area contributed by atoms with Crippen LogP contribution >= 0.6 is 11.6 Å². The number of anilines is 2. The molecule has 0 fully saturated rings. The van der Waals surface area contributed by atoms with Crippen molar-refractivity contribution >= 4 is 39.4 Å². The number of alkyl carbamates (subject to hydrolysis) is 1. The zero-order valence-electron chi connectivity index (χ0n) is 22.3. The van der Waals surface area contributed by atoms with Crippen molar-refractivity contribution in [1.29, 1.82) is 0 Å². The number of rotatable bonds is 9. The molecule has 16 heteroatoms. The van der Waals surface area contributed by atoms with Crippen LogP contribution in [0.5, 0.6) is 0 Å². The molecule has 4 N–H and O–H groups in total. The Hall–Kier alpha value is -3.59. The molecule has 1 unspecified atom stereocenters. The molecule has 0 saturated carbocycles. The van der Waals surface area contributed by atoms with Gasteiger partial charge in [-0.05, 0) is 31.2 Å². The van der Waals surface area contributed by atoms with Crippen molar-refractivity contribution in [1.82, 2.24) is 25.3 Å². The van der Waals surface area contributed by atoms with Crippen LogP contribution in [0.15, 0.2) is 30.5 Å². The molecule has 0 saturated heterocycles. The molecule has 1 atom stereocenters. The van der Waals surface area contributed by atoms with E-state index in [2.05, 4.69) is 30.3 Å². The average molecular weight is 604 g/mol. The first-order chi connectivity index (χ1) is 18.5. The van der Waals surface area contributed by atoms with Crippen LogP contribution in [0.2, 0.25) is 5.02 Å². The summed E-state index contributed by atoms with van der Waals surface area (Å²) in [7, 11) is -3.48. The van der Waals surface area contributed by atoms with Gasteiger partial charge in [-0.2, -0.15) is 13.2 Å². The maximum Gasteiger partial charge on any atom is 0.407 e. The molecule has 0 aliphatic rings. The number of methoxy groups -OCH3 is 1. The summed E-state index contributed by atoms with van der Waals surface area (Å²) in [5.74, 6) is -1.23. The number of sulfonamides is 1. The van der Waals surface area contributed by atoms with Crippen LogP contribution in [0.25, 0.3) is 22.6 Å². The Kier molecular flexibility index (Phi) is 9.19. The summed E-state index contributed by atoms with van der Waals surface area (Å²) >= 11 is 6.23. The topological polar surface area (TPSA) is 151 Å². The highest BCUT2D eigenvalue weighted by Gasteiger charge is 2.35. The van der Waals surface area contributed by atoms with Gasteiger partial charge in [0, 0.05) is 34.8 Å². The highest BCUT2D eigenvalue weighted by molar-refractivity contribution is 7.92. The number of hydrogen-bond acceptors (Lipinski definition) is 8. The van der Waals surface area contributed by atoms with E-state index in [0.29, 0.717) is 28.5 Å². The second-order valence-electron chi connectivity index (χ2n) is 9.95. The number of ether oxygens (including phenoxy) is 1. The minimum atomic E-state index is -4.92. The van der Waals surface area contributed by atoms with Crippen molar-refractivity contribution in [3.05, 3.63) is 41.3 Å². The number of halogens is 4. The van der Waals surface area contributed by atoms with E-state index in [1.54, 1.807) is 13.0 Å². The van der Waals surface area contributed by atoms with Crippen LogP contribution in [0.1, 0.15) is 33.5 Å². The number of aromatic amines is 1. The molecular formula is C24H29ClF3N7O4S. The number of benzene rings is 1. The lowest BCUT2D eigenvalue weighted by molar-refractivity contribution is -0.106. The Morgan fingerprint density at radius 2 is 1.88 bits per heavy atom. The summed E-state index contributed by atoms with van der Waals surface area (Å²) in [4.78, 5) is 28.1. The molecular weight excluding hydrogens is 575 g/mol. The van der Waals surface area contributed by atoms with Crippen molar-refractivity contribution in [2.45, 2.75) is 45.3 Å². The van der Waals surface area contributed by atoms with E-state index in [1.807, 2.05) is 25.5 Å². The van der Waals surface area contributed by atoms with E-state index < -0.39 is 33.5 Å². The molecule has 3 aromatic rings. The normalized spacial score (nSPS) is 13.0. The first kappa shape index (κ1) is 30.9. The molecule has 3 rings (SSSR count). The van der Waals surface area contributed by atoms with Gasteiger partial charge in [0.05, 0.1) is 29.9 Å². The number of hydrogen-bond donors (Lipinski definition) is 4. The van der Waals surface area contributed by atoms with Crippen molar-refractivity contribution in [3.63, 3.8) is 0 Å². The van der Waals surface area contributed by atoms with Gasteiger partial charge in [-0.3, -0.25) is 4.72 Å². The third-order valence-electron chi connectivity index (χ3n) is 5.24. The minimum absolute atomic E-state index is 0.0746. The molecule has 0 aliphatic heterocycles. The molecule has 0 bridgehead atoms. The molecule has 2 heterocycles. The SMILES string of the molecule is COC(=O)NC(C)CNc1nccc(-c2[nH]c(C(C)(C)C)nc2-c2cc(Cl)cc(NS(=O)(=O)CC(F)(F)F)c2)n1. The summed E-state index contributed by atoms with van der Waals surface area (Å²) in [6.07, 6.45) is -3.99. The van der Waals surface area contributed by atoms with Crippen LogP contribution in [0, 0.1) is 0 Å². The summed E-state index contributed by atoms with van der Waals surface area (Å²) in [5.41, 5.74) is 0.948. The summed E-state index contributed by atoms with van der Waals surface area (Å²) < 4.78 is 68.9. The number of carbonyl (C=O) groups is 1. The first-order valence-electron chi connectivity index (χ1n) is 11.9. The van der Waals surface area contributed by atoms with Crippen LogP contribution in [-0.4, -0.2) is 66.1 Å². The van der Waals surface area contributed by atoms with Gasteiger partial charge >= 0.3 is 12.3 Å². The standard InChI is InChI=1S/C24H29ClF3N7O4S/c1-13(31-22(36)39-5)11-30-21-29-7-6-17(32-21)19-18(33-20(34-19)23(2,3)4)14-8-15(25)10-16(9-14)35-40(37,38)12-24(26,27)28/h6-10,13,35H,11-12H2,1-5H3,(H,31,36)(H,33,34)(H,29,30,32). The van der Waals surface area contributed by atoms with E-state index >= 15 is 0 Å². The number of imidazole rings is 1. The smallest absolute Gasteiger partial charge is 0.407 e. The number of carbonyl (C=O) groups excluding carboxylic acids is 1. The number of alkyl halides is 3. The second kappa shape index (κ2) is 11.9. The molecule has 1 aromatic carbocycles. The number of nitrogens with zero attached hydrogens (tertiary/aromatic N) is 3. The Labute approximate surface area is 234 Å².